The Kier molecular flexibility index (Phi) is 6.15. The lowest BCUT2D eigenvalue weighted by molar-refractivity contribution is 0.0926. The number of carbonyl (C=O) groups excluding carboxylic acids is 1. The molecule has 1 atom stereocenters. The molecule has 1 aromatic carbocycles. The first-order valence-corrected chi connectivity index (χ1v) is 6.30. The smallest absolute Gasteiger partial charge is 0.255 e. The average Bonchev–Trinajstić information content (AvgIpc) is 2.45. The van der Waals surface area contributed by atoms with Gasteiger partial charge in [0.1, 0.15) is 11.5 Å². The van der Waals surface area contributed by atoms with Gasteiger partial charge in [0, 0.05) is 18.7 Å². The van der Waals surface area contributed by atoms with Crippen LogP contribution in [0.2, 0.25) is 0 Å². The number of aliphatic hydroxyl groups is 1. The molecule has 106 valence electrons. The highest BCUT2D eigenvalue weighted by molar-refractivity contribution is 5.97. The summed E-state index contributed by atoms with van der Waals surface area (Å²) in [6.07, 6.45) is 1.31. The normalized spacial score (nSPS) is 11.8. The zero-order valence-electron chi connectivity index (χ0n) is 11.6. The van der Waals surface area contributed by atoms with Crippen LogP contribution in [0.1, 0.15) is 30.1 Å². The first kappa shape index (κ1) is 15.3. The maximum atomic E-state index is 12.2. The van der Waals surface area contributed by atoms with E-state index in [2.05, 4.69) is 5.32 Å². The van der Waals surface area contributed by atoms with Crippen molar-refractivity contribution in [3.05, 3.63) is 23.8 Å². The van der Waals surface area contributed by atoms with Crippen molar-refractivity contribution < 1.29 is 19.4 Å². The molecule has 0 aliphatic rings. The number of aliphatic hydroxyl groups excluding tert-OH is 1. The van der Waals surface area contributed by atoms with Crippen LogP contribution in [0.3, 0.4) is 0 Å². The summed E-state index contributed by atoms with van der Waals surface area (Å²) in [5.74, 6) is 0.895. The molecule has 0 saturated heterocycles. The summed E-state index contributed by atoms with van der Waals surface area (Å²) >= 11 is 0. The summed E-state index contributed by atoms with van der Waals surface area (Å²) in [5, 5.41) is 11.8. The lowest BCUT2D eigenvalue weighted by atomic mass is 10.1. The summed E-state index contributed by atoms with van der Waals surface area (Å²) in [5.41, 5.74) is 0.458. The van der Waals surface area contributed by atoms with Gasteiger partial charge in [0.2, 0.25) is 0 Å². The minimum absolute atomic E-state index is 0.0377. The zero-order chi connectivity index (χ0) is 14.3. The zero-order valence-corrected chi connectivity index (χ0v) is 11.6. The van der Waals surface area contributed by atoms with E-state index in [1.54, 1.807) is 25.3 Å². The maximum absolute atomic E-state index is 12.2. The number of rotatable bonds is 7. The van der Waals surface area contributed by atoms with Crippen LogP contribution in [0.25, 0.3) is 0 Å². The Bertz CT molecular complexity index is 420. The van der Waals surface area contributed by atoms with Crippen LogP contribution in [0.5, 0.6) is 11.5 Å². The van der Waals surface area contributed by atoms with E-state index in [9.17, 15) is 4.79 Å². The molecule has 0 heterocycles. The Morgan fingerprint density at radius 1 is 1.37 bits per heavy atom. The molecule has 0 aliphatic carbocycles. The molecule has 5 nitrogen and oxygen atoms in total. The van der Waals surface area contributed by atoms with Gasteiger partial charge in [-0.3, -0.25) is 4.79 Å². The Balaban J connectivity index is 2.86. The van der Waals surface area contributed by atoms with Crippen LogP contribution in [0, 0.1) is 0 Å². The highest BCUT2D eigenvalue weighted by Crippen LogP contribution is 2.24. The molecule has 0 saturated carbocycles. The molecule has 0 bridgehead atoms. The van der Waals surface area contributed by atoms with Gasteiger partial charge in [0.25, 0.3) is 5.91 Å². The van der Waals surface area contributed by atoms with Crippen molar-refractivity contribution >= 4 is 5.91 Å². The number of carbonyl (C=O) groups is 1. The fourth-order valence-corrected chi connectivity index (χ4v) is 1.78. The molecule has 1 aromatic rings. The second kappa shape index (κ2) is 7.63. The first-order chi connectivity index (χ1) is 9.15. The molecular formula is C14H21NO4. The lowest BCUT2D eigenvalue weighted by Crippen LogP contribution is -2.35. The predicted molar refractivity (Wildman–Crippen MR) is 72.8 cm³/mol. The quantitative estimate of drug-likeness (QED) is 0.787. The van der Waals surface area contributed by atoms with Crippen LogP contribution >= 0.6 is 0 Å². The topological polar surface area (TPSA) is 67.8 Å². The molecule has 0 fully saturated rings. The average molecular weight is 267 g/mol. The Morgan fingerprint density at radius 2 is 2.11 bits per heavy atom. The standard InChI is InChI=1S/C14H21NO4/c1-4-10(7-8-16)15-14(17)12-6-5-11(18-2)9-13(12)19-3/h5-6,9-10,16H,4,7-8H2,1-3H3,(H,15,17). The molecule has 1 unspecified atom stereocenters. The molecule has 1 rings (SSSR count). The summed E-state index contributed by atoms with van der Waals surface area (Å²) in [6, 6.07) is 5.01. The van der Waals surface area contributed by atoms with E-state index >= 15 is 0 Å². The lowest BCUT2D eigenvalue weighted by Gasteiger charge is -2.17. The van der Waals surface area contributed by atoms with Crippen molar-refractivity contribution in [2.45, 2.75) is 25.8 Å². The van der Waals surface area contributed by atoms with Crippen molar-refractivity contribution in [3.63, 3.8) is 0 Å². The van der Waals surface area contributed by atoms with Gasteiger partial charge < -0.3 is 19.9 Å². The van der Waals surface area contributed by atoms with Gasteiger partial charge in [-0.05, 0) is 25.0 Å². The summed E-state index contributed by atoms with van der Waals surface area (Å²) in [7, 11) is 3.07. The molecule has 0 spiro atoms. The predicted octanol–water partition coefficient (Wildman–Crippen LogP) is 1.59. The van der Waals surface area contributed by atoms with E-state index in [-0.39, 0.29) is 18.6 Å². The monoisotopic (exact) mass is 267 g/mol. The van der Waals surface area contributed by atoms with Crippen LogP contribution in [-0.4, -0.2) is 37.9 Å². The molecule has 0 aromatic heterocycles. The number of ether oxygens (including phenoxy) is 2. The number of methoxy groups -OCH3 is 2. The number of amides is 1. The van der Waals surface area contributed by atoms with Gasteiger partial charge >= 0.3 is 0 Å². The van der Waals surface area contributed by atoms with E-state index in [1.165, 1.54) is 7.11 Å². The maximum Gasteiger partial charge on any atom is 0.255 e. The minimum atomic E-state index is -0.209. The van der Waals surface area contributed by atoms with E-state index in [1.807, 2.05) is 6.92 Å². The fraction of sp³-hybridized carbons (Fsp3) is 0.500. The second-order valence-corrected chi connectivity index (χ2v) is 4.16. The van der Waals surface area contributed by atoms with Crippen LogP contribution in [0.4, 0.5) is 0 Å². The SMILES string of the molecule is CCC(CCO)NC(=O)c1ccc(OC)cc1OC. The minimum Gasteiger partial charge on any atom is -0.497 e. The van der Waals surface area contributed by atoms with E-state index in [4.69, 9.17) is 14.6 Å². The van der Waals surface area contributed by atoms with Gasteiger partial charge in [-0.1, -0.05) is 6.92 Å². The van der Waals surface area contributed by atoms with Crippen molar-refractivity contribution in [1.29, 1.82) is 0 Å². The molecule has 19 heavy (non-hydrogen) atoms. The molecule has 1 amide bonds. The van der Waals surface area contributed by atoms with Crippen LogP contribution in [-0.2, 0) is 0 Å². The number of hydrogen-bond acceptors (Lipinski definition) is 4. The van der Waals surface area contributed by atoms with Crippen molar-refractivity contribution in [2.24, 2.45) is 0 Å². The van der Waals surface area contributed by atoms with Crippen molar-refractivity contribution in [3.8, 4) is 11.5 Å². The molecule has 0 radical (unpaired) electrons. The number of nitrogens with one attached hydrogen (secondary N) is 1. The highest BCUT2D eigenvalue weighted by atomic mass is 16.5. The summed E-state index contributed by atoms with van der Waals surface area (Å²) < 4.78 is 10.3. The fourth-order valence-electron chi connectivity index (χ4n) is 1.78. The van der Waals surface area contributed by atoms with Crippen molar-refractivity contribution in [1.82, 2.24) is 5.32 Å². The van der Waals surface area contributed by atoms with Gasteiger partial charge in [-0.2, -0.15) is 0 Å². The Morgan fingerprint density at radius 3 is 2.63 bits per heavy atom. The van der Waals surface area contributed by atoms with Gasteiger partial charge in [-0.15, -0.1) is 0 Å². The molecule has 0 aliphatic heterocycles. The van der Waals surface area contributed by atoms with Gasteiger partial charge in [-0.25, -0.2) is 0 Å². The molecule has 5 heteroatoms. The van der Waals surface area contributed by atoms with Crippen LogP contribution in [0.15, 0.2) is 18.2 Å². The van der Waals surface area contributed by atoms with Gasteiger partial charge in [0.15, 0.2) is 0 Å². The first-order valence-electron chi connectivity index (χ1n) is 6.30. The molecular weight excluding hydrogens is 246 g/mol. The van der Waals surface area contributed by atoms with E-state index in [0.29, 0.717) is 23.5 Å². The summed E-state index contributed by atoms with van der Waals surface area (Å²) in [6.45, 7) is 2.02. The third-order valence-electron chi connectivity index (χ3n) is 2.96. The Labute approximate surface area is 113 Å². The number of benzene rings is 1. The largest absolute Gasteiger partial charge is 0.497 e. The van der Waals surface area contributed by atoms with Crippen LogP contribution < -0.4 is 14.8 Å². The Hall–Kier alpha value is -1.75. The van der Waals surface area contributed by atoms with E-state index < -0.39 is 0 Å². The summed E-state index contributed by atoms with van der Waals surface area (Å²) in [4.78, 5) is 12.2. The van der Waals surface area contributed by atoms with Gasteiger partial charge in [0.05, 0.1) is 19.8 Å². The second-order valence-electron chi connectivity index (χ2n) is 4.16. The third kappa shape index (κ3) is 4.13. The van der Waals surface area contributed by atoms with E-state index in [0.717, 1.165) is 6.42 Å². The van der Waals surface area contributed by atoms with Crippen molar-refractivity contribution in [2.75, 3.05) is 20.8 Å². The number of hydrogen-bond donors (Lipinski definition) is 2. The molecule has 2 N–H and O–H groups in total. The third-order valence-corrected chi connectivity index (χ3v) is 2.96. The highest BCUT2D eigenvalue weighted by Gasteiger charge is 2.16.